The number of anilines is 2. The number of halogens is 2. The maximum absolute atomic E-state index is 13.0. The van der Waals surface area contributed by atoms with Crippen molar-refractivity contribution in [2.24, 2.45) is 0 Å². The largest absolute Gasteiger partial charge is 0.368 e. The fourth-order valence-corrected chi connectivity index (χ4v) is 5.77. The second-order valence-corrected chi connectivity index (χ2v) is 11.7. The van der Waals surface area contributed by atoms with Crippen molar-refractivity contribution < 1.29 is 23.6 Å². The molecule has 0 saturated carbocycles. The predicted octanol–water partition coefficient (Wildman–Crippen LogP) is 5.77. The van der Waals surface area contributed by atoms with Gasteiger partial charge in [-0.2, -0.15) is 5.48 Å². The molecule has 2 saturated heterocycles. The van der Waals surface area contributed by atoms with Crippen LogP contribution >= 0.6 is 0 Å². The van der Waals surface area contributed by atoms with Gasteiger partial charge in [0.1, 0.15) is 11.6 Å². The summed E-state index contributed by atoms with van der Waals surface area (Å²) in [5, 5.41) is 9.38. The van der Waals surface area contributed by atoms with E-state index in [1.807, 2.05) is 76.5 Å². The van der Waals surface area contributed by atoms with Gasteiger partial charge in [-0.15, -0.1) is 0 Å². The summed E-state index contributed by atoms with van der Waals surface area (Å²) in [4.78, 5) is 32.7. The van der Waals surface area contributed by atoms with Gasteiger partial charge < -0.3 is 24.8 Å². The number of hydroxylamine groups is 1. The molecule has 0 spiro atoms. The summed E-state index contributed by atoms with van der Waals surface area (Å²) in [6.07, 6.45) is 3.68. The third-order valence-corrected chi connectivity index (χ3v) is 8.56. The molecule has 2 aliphatic heterocycles. The van der Waals surface area contributed by atoms with Crippen molar-refractivity contribution in [3.05, 3.63) is 138 Å². The molecule has 8 nitrogen and oxygen atoms in total. The van der Waals surface area contributed by atoms with E-state index in [4.69, 9.17) is 0 Å². The first-order valence-electron chi connectivity index (χ1n) is 16.1. The lowest BCUT2D eigenvalue weighted by Gasteiger charge is -2.36. The minimum Gasteiger partial charge on any atom is -0.368 e. The first-order valence-corrected chi connectivity index (χ1v) is 16.1. The number of hydrogen-bond acceptors (Lipinski definition) is 6. The van der Waals surface area contributed by atoms with Crippen LogP contribution in [0.3, 0.4) is 0 Å². The van der Waals surface area contributed by atoms with E-state index in [0.29, 0.717) is 39.3 Å². The number of amides is 2. The lowest BCUT2D eigenvalue weighted by Crippen LogP contribution is -2.49. The molecule has 6 rings (SSSR count). The Morgan fingerprint density at radius 3 is 1.58 bits per heavy atom. The van der Waals surface area contributed by atoms with Crippen LogP contribution in [-0.4, -0.2) is 79.2 Å². The Hall–Kier alpha value is -5.06. The minimum absolute atomic E-state index is 0.00848. The van der Waals surface area contributed by atoms with E-state index in [-0.39, 0.29) is 29.9 Å². The van der Waals surface area contributed by atoms with Crippen LogP contribution in [0.1, 0.15) is 23.6 Å². The van der Waals surface area contributed by atoms with Gasteiger partial charge in [-0.1, -0.05) is 60.7 Å². The molecule has 2 amide bonds. The molecule has 0 radical (unpaired) electrons. The summed E-state index contributed by atoms with van der Waals surface area (Å²) in [6, 6.07) is 31.7. The number of benzene rings is 4. The Morgan fingerprint density at radius 2 is 1.10 bits per heavy atom. The fraction of sp³-hybridized carbons (Fsp3) is 0.263. The zero-order valence-corrected chi connectivity index (χ0v) is 26.8. The quantitative estimate of drug-likeness (QED) is 0.186. The highest BCUT2D eigenvalue weighted by molar-refractivity contribution is 5.92. The SMILES string of the molecule is O=C(/C=C/c1ccccc1)N1CCN(c2ccc(F)cc2)CC1.O=C(CC(NO)c1ccccc1)N1CCN(c2ccc(F)cc2)CC1. The van der Waals surface area contributed by atoms with Gasteiger partial charge in [-0.05, 0) is 65.7 Å². The van der Waals surface area contributed by atoms with Crippen molar-refractivity contribution in [3.8, 4) is 0 Å². The van der Waals surface area contributed by atoms with Crippen molar-refractivity contribution in [3.63, 3.8) is 0 Å². The number of carbonyl (C=O) groups is 2. The average Bonchev–Trinajstić information content (AvgIpc) is 3.14. The van der Waals surface area contributed by atoms with Crippen molar-refractivity contribution in [2.75, 3.05) is 62.2 Å². The molecule has 48 heavy (non-hydrogen) atoms. The van der Waals surface area contributed by atoms with Crippen molar-refractivity contribution in [1.82, 2.24) is 15.3 Å². The Morgan fingerprint density at radius 1 is 0.646 bits per heavy atom. The van der Waals surface area contributed by atoms with Crippen LogP contribution in [0.25, 0.3) is 6.08 Å². The van der Waals surface area contributed by atoms with Gasteiger partial charge in [0.05, 0.1) is 6.04 Å². The molecule has 250 valence electrons. The lowest BCUT2D eigenvalue weighted by molar-refractivity contribution is -0.132. The Balaban J connectivity index is 0.000000188. The van der Waals surface area contributed by atoms with Gasteiger partial charge in [0.2, 0.25) is 11.8 Å². The van der Waals surface area contributed by atoms with Gasteiger partial charge in [-0.25, -0.2) is 8.78 Å². The first kappa shape index (κ1) is 34.3. The van der Waals surface area contributed by atoms with Crippen LogP contribution in [0, 0.1) is 11.6 Å². The van der Waals surface area contributed by atoms with Crippen molar-refractivity contribution >= 4 is 29.3 Å². The van der Waals surface area contributed by atoms with E-state index in [2.05, 4.69) is 15.3 Å². The minimum atomic E-state index is -0.413. The number of carbonyl (C=O) groups excluding carboxylic acids is 2. The van der Waals surface area contributed by atoms with E-state index in [1.54, 1.807) is 30.3 Å². The predicted molar refractivity (Wildman–Crippen MR) is 185 cm³/mol. The maximum Gasteiger partial charge on any atom is 0.246 e. The normalized spacial score (nSPS) is 15.6. The molecule has 0 aliphatic carbocycles. The van der Waals surface area contributed by atoms with E-state index in [1.165, 1.54) is 24.3 Å². The Kier molecular flexibility index (Phi) is 12.3. The standard InChI is InChI=1S/C19H22FN3O2.C19H19FN2O/c20-16-6-8-17(9-7-16)22-10-12-23(13-11-22)19(24)14-18(21-25)15-4-2-1-3-5-15;20-17-7-9-18(10-8-17)21-12-14-22(15-13-21)19(23)11-6-16-4-2-1-3-5-16/h1-9,18,21,25H,10-14H2;1-11H,12-15H2/b;11-6+. The highest BCUT2D eigenvalue weighted by atomic mass is 19.1. The molecule has 0 aromatic heterocycles. The van der Waals surface area contributed by atoms with E-state index in [9.17, 15) is 23.6 Å². The van der Waals surface area contributed by atoms with Gasteiger partial charge in [0.15, 0.2) is 0 Å². The zero-order chi connectivity index (χ0) is 33.7. The molecule has 2 aliphatic rings. The topological polar surface area (TPSA) is 79.4 Å². The molecule has 2 heterocycles. The molecule has 0 bridgehead atoms. The number of hydrogen-bond donors (Lipinski definition) is 2. The van der Waals surface area contributed by atoms with E-state index in [0.717, 1.165) is 35.6 Å². The van der Waals surface area contributed by atoms with Crippen molar-refractivity contribution in [1.29, 1.82) is 0 Å². The van der Waals surface area contributed by atoms with Crippen LogP contribution in [0.4, 0.5) is 20.2 Å². The second kappa shape index (κ2) is 17.2. The molecule has 4 aromatic rings. The summed E-state index contributed by atoms with van der Waals surface area (Å²) in [7, 11) is 0. The maximum atomic E-state index is 13.0. The fourth-order valence-electron chi connectivity index (χ4n) is 5.77. The van der Waals surface area contributed by atoms with Crippen LogP contribution in [0.5, 0.6) is 0 Å². The Bertz CT molecular complexity index is 1610. The smallest absolute Gasteiger partial charge is 0.246 e. The highest BCUT2D eigenvalue weighted by Gasteiger charge is 2.24. The van der Waals surface area contributed by atoms with Crippen LogP contribution in [0.2, 0.25) is 0 Å². The molecule has 2 fully saturated rings. The summed E-state index contributed by atoms with van der Waals surface area (Å²) in [6.45, 7) is 5.52. The molecule has 10 heteroatoms. The molecular weight excluding hydrogens is 612 g/mol. The number of nitrogens with zero attached hydrogens (tertiary/aromatic N) is 4. The lowest BCUT2D eigenvalue weighted by atomic mass is 10.0. The zero-order valence-electron chi connectivity index (χ0n) is 26.8. The van der Waals surface area contributed by atoms with Crippen LogP contribution in [0.15, 0.2) is 115 Å². The number of rotatable bonds is 8. The molecule has 4 aromatic carbocycles. The summed E-state index contributed by atoms with van der Waals surface area (Å²) in [5.74, 6) is -0.434. The van der Waals surface area contributed by atoms with Crippen molar-refractivity contribution in [2.45, 2.75) is 12.5 Å². The molecular formula is C38H41F2N5O3. The van der Waals surface area contributed by atoms with E-state index < -0.39 is 6.04 Å². The average molecular weight is 654 g/mol. The van der Waals surface area contributed by atoms with Gasteiger partial charge >= 0.3 is 0 Å². The highest BCUT2D eigenvalue weighted by Crippen LogP contribution is 2.21. The summed E-state index contributed by atoms with van der Waals surface area (Å²) < 4.78 is 26.0. The number of nitrogens with one attached hydrogen (secondary N) is 1. The monoisotopic (exact) mass is 653 g/mol. The van der Waals surface area contributed by atoms with Gasteiger partial charge in [-0.3, -0.25) is 9.59 Å². The summed E-state index contributed by atoms with van der Waals surface area (Å²) in [5.41, 5.74) is 6.10. The molecule has 2 N–H and O–H groups in total. The van der Waals surface area contributed by atoms with Gasteiger partial charge in [0.25, 0.3) is 0 Å². The molecule has 1 unspecified atom stereocenters. The first-order chi connectivity index (χ1) is 23.4. The Labute approximate surface area is 280 Å². The third kappa shape index (κ3) is 9.73. The van der Waals surface area contributed by atoms with Gasteiger partial charge in [0, 0.05) is 76.2 Å². The third-order valence-electron chi connectivity index (χ3n) is 8.56. The van der Waals surface area contributed by atoms with Crippen LogP contribution < -0.4 is 15.3 Å². The van der Waals surface area contributed by atoms with Crippen LogP contribution in [-0.2, 0) is 9.59 Å². The molecule has 1 atom stereocenters. The summed E-state index contributed by atoms with van der Waals surface area (Å²) >= 11 is 0. The van der Waals surface area contributed by atoms with E-state index >= 15 is 0 Å². The number of piperazine rings is 2. The second-order valence-electron chi connectivity index (χ2n) is 11.7.